The standard InChI is InChI=1S/C17H17NO5S/c1-10-11(2)24-15(14(10)17(21)22-3)18-13(19)9-23-16(20)12-7-5-4-6-8-12/h4-8H,9H2,1-3H3,(H,18,19). The second kappa shape index (κ2) is 7.74. The summed E-state index contributed by atoms with van der Waals surface area (Å²) in [6.45, 7) is 3.19. The normalized spacial score (nSPS) is 10.1. The highest BCUT2D eigenvalue weighted by Gasteiger charge is 2.22. The molecule has 0 aliphatic carbocycles. The van der Waals surface area contributed by atoms with Crippen molar-refractivity contribution in [3.63, 3.8) is 0 Å². The highest BCUT2D eigenvalue weighted by molar-refractivity contribution is 7.16. The number of nitrogens with one attached hydrogen (secondary N) is 1. The molecule has 0 bridgehead atoms. The first-order valence-electron chi connectivity index (χ1n) is 7.14. The molecule has 0 saturated heterocycles. The van der Waals surface area contributed by atoms with E-state index in [0.717, 1.165) is 10.4 Å². The van der Waals surface area contributed by atoms with E-state index in [1.807, 2.05) is 6.92 Å². The molecule has 0 spiro atoms. The summed E-state index contributed by atoms with van der Waals surface area (Å²) >= 11 is 1.27. The number of ether oxygens (including phenoxy) is 2. The van der Waals surface area contributed by atoms with Gasteiger partial charge in [-0.05, 0) is 31.5 Å². The van der Waals surface area contributed by atoms with Gasteiger partial charge in [0.05, 0.1) is 18.2 Å². The van der Waals surface area contributed by atoms with Crippen molar-refractivity contribution >= 4 is 34.2 Å². The topological polar surface area (TPSA) is 81.7 Å². The Bertz CT molecular complexity index is 767. The van der Waals surface area contributed by atoms with Crippen LogP contribution in [0.4, 0.5) is 5.00 Å². The average molecular weight is 347 g/mol. The van der Waals surface area contributed by atoms with Gasteiger partial charge in [-0.25, -0.2) is 9.59 Å². The lowest BCUT2D eigenvalue weighted by Crippen LogP contribution is -2.21. The van der Waals surface area contributed by atoms with E-state index in [1.165, 1.54) is 18.4 Å². The number of carbonyl (C=O) groups excluding carboxylic acids is 3. The Kier molecular flexibility index (Phi) is 5.70. The zero-order chi connectivity index (χ0) is 17.7. The van der Waals surface area contributed by atoms with Crippen molar-refractivity contribution in [2.24, 2.45) is 0 Å². The lowest BCUT2D eigenvalue weighted by Gasteiger charge is -2.07. The first-order chi connectivity index (χ1) is 11.4. The Morgan fingerprint density at radius 2 is 1.75 bits per heavy atom. The van der Waals surface area contributed by atoms with Crippen molar-refractivity contribution in [1.82, 2.24) is 0 Å². The van der Waals surface area contributed by atoms with Gasteiger partial charge in [0, 0.05) is 4.88 Å². The quantitative estimate of drug-likeness (QED) is 0.841. The number of hydrogen-bond donors (Lipinski definition) is 1. The van der Waals surface area contributed by atoms with Crippen LogP contribution in [0.2, 0.25) is 0 Å². The molecule has 0 unspecified atom stereocenters. The SMILES string of the molecule is COC(=O)c1c(NC(=O)COC(=O)c2ccccc2)sc(C)c1C. The van der Waals surface area contributed by atoms with E-state index in [0.29, 0.717) is 16.1 Å². The lowest BCUT2D eigenvalue weighted by molar-refractivity contribution is -0.119. The third-order valence-electron chi connectivity index (χ3n) is 3.37. The molecule has 0 aliphatic rings. The summed E-state index contributed by atoms with van der Waals surface area (Å²) in [6.07, 6.45) is 0. The summed E-state index contributed by atoms with van der Waals surface area (Å²) in [7, 11) is 1.28. The fourth-order valence-corrected chi connectivity index (χ4v) is 3.08. The van der Waals surface area contributed by atoms with Crippen LogP contribution in [0, 0.1) is 13.8 Å². The van der Waals surface area contributed by atoms with E-state index in [4.69, 9.17) is 9.47 Å². The molecule has 0 aliphatic heterocycles. The number of benzene rings is 1. The largest absolute Gasteiger partial charge is 0.465 e. The second-order valence-corrected chi connectivity index (χ2v) is 6.19. The van der Waals surface area contributed by atoms with E-state index in [1.54, 1.807) is 37.3 Å². The number of carbonyl (C=O) groups is 3. The highest BCUT2D eigenvalue weighted by atomic mass is 32.1. The van der Waals surface area contributed by atoms with Crippen LogP contribution in [-0.2, 0) is 14.3 Å². The van der Waals surface area contributed by atoms with Crippen LogP contribution < -0.4 is 5.32 Å². The number of methoxy groups -OCH3 is 1. The summed E-state index contributed by atoms with van der Waals surface area (Å²) in [4.78, 5) is 36.5. The molecule has 0 radical (unpaired) electrons. The first-order valence-corrected chi connectivity index (χ1v) is 7.96. The molecule has 1 aromatic carbocycles. The van der Waals surface area contributed by atoms with Crippen molar-refractivity contribution < 1.29 is 23.9 Å². The monoisotopic (exact) mass is 347 g/mol. The smallest absolute Gasteiger partial charge is 0.341 e. The van der Waals surface area contributed by atoms with Crippen molar-refractivity contribution in [3.05, 3.63) is 51.9 Å². The number of thiophene rings is 1. The zero-order valence-corrected chi connectivity index (χ0v) is 14.4. The van der Waals surface area contributed by atoms with E-state index >= 15 is 0 Å². The molecule has 1 heterocycles. The predicted molar refractivity (Wildman–Crippen MR) is 90.5 cm³/mol. The van der Waals surface area contributed by atoms with E-state index in [2.05, 4.69) is 5.32 Å². The maximum absolute atomic E-state index is 12.0. The Morgan fingerprint density at radius 3 is 2.38 bits per heavy atom. The molecule has 0 atom stereocenters. The van der Waals surface area contributed by atoms with Crippen LogP contribution in [0.25, 0.3) is 0 Å². The van der Waals surface area contributed by atoms with Crippen molar-refractivity contribution in [2.45, 2.75) is 13.8 Å². The van der Waals surface area contributed by atoms with Gasteiger partial charge in [-0.2, -0.15) is 0 Å². The average Bonchev–Trinajstić information content (AvgIpc) is 2.86. The van der Waals surface area contributed by atoms with E-state index in [-0.39, 0.29) is 0 Å². The maximum Gasteiger partial charge on any atom is 0.341 e. The fraction of sp³-hybridized carbons (Fsp3) is 0.235. The molecular formula is C17H17NO5S. The lowest BCUT2D eigenvalue weighted by atomic mass is 10.1. The second-order valence-electron chi connectivity index (χ2n) is 4.97. The summed E-state index contributed by atoms with van der Waals surface area (Å²) in [5, 5.41) is 2.98. The number of esters is 2. The highest BCUT2D eigenvalue weighted by Crippen LogP contribution is 2.32. The number of rotatable bonds is 5. The van der Waals surface area contributed by atoms with Gasteiger partial charge in [-0.15, -0.1) is 11.3 Å². The van der Waals surface area contributed by atoms with Gasteiger partial charge in [0.2, 0.25) is 0 Å². The van der Waals surface area contributed by atoms with Gasteiger partial charge >= 0.3 is 11.9 Å². The summed E-state index contributed by atoms with van der Waals surface area (Å²) < 4.78 is 9.70. The summed E-state index contributed by atoms with van der Waals surface area (Å²) in [5.41, 5.74) is 1.44. The van der Waals surface area contributed by atoms with E-state index < -0.39 is 24.5 Å². The molecule has 24 heavy (non-hydrogen) atoms. The van der Waals surface area contributed by atoms with Gasteiger partial charge in [-0.3, -0.25) is 4.79 Å². The number of aryl methyl sites for hydroxylation is 1. The Morgan fingerprint density at radius 1 is 1.08 bits per heavy atom. The van der Waals surface area contributed by atoms with Crippen LogP contribution in [0.3, 0.4) is 0 Å². The third-order valence-corrected chi connectivity index (χ3v) is 4.49. The Hall–Kier alpha value is -2.67. The minimum absolute atomic E-state index is 0.322. The molecule has 1 N–H and O–H groups in total. The maximum atomic E-state index is 12.0. The molecule has 126 valence electrons. The molecule has 0 saturated carbocycles. The van der Waals surface area contributed by atoms with Crippen LogP contribution in [0.15, 0.2) is 30.3 Å². The molecule has 0 fully saturated rings. The number of hydrogen-bond acceptors (Lipinski definition) is 6. The molecule has 7 heteroatoms. The van der Waals surface area contributed by atoms with Crippen LogP contribution in [0.1, 0.15) is 31.2 Å². The minimum Gasteiger partial charge on any atom is -0.465 e. The van der Waals surface area contributed by atoms with Gasteiger partial charge < -0.3 is 14.8 Å². The molecule has 1 aromatic heterocycles. The van der Waals surface area contributed by atoms with Gasteiger partial charge in [-0.1, -0.05) is 18.2 Å². The minimum atomic E-state index is -0.586. The first kappa shape index (κ1) is 17.7. The summed E-state index contributed by atoms with van der Waals surface area (Å²) in [5.74, 6) is -1.63. The number of amides is 1. The van der Waals surface area contributed by atoms with Crippen molar-refractivity contribution in [1.29, 1.82) is 0 Å². The predicted octanol–water partition coefficient (Wildman–Crippen LogP) is 2.95. The van der Waals surface area contributed by atoms with Gasteiger partial charge in [0.1, 0.15) is 5.00 Å². The fourth-order valence-electron chi connectivity index (χ4n) is 2.01. The number of anilines is 1. The third kappa shape index (κ3) is 3.99. The zero-order valence-electron chi connectivity index (χ0n) is 13.5. The Balaban J connectivity index is 2.02. The molecule has 2 rings (SSSR count). The van der Waals surface area contributed by atoms with Crippen LogP contribution >= 0.6 is 11.3 Å². The Labute approximate surface area is 143 Å². The molecule has 6 nitrogen and oxygen atoms in total. The molecule has 2 aromatic rings. The van der Waals surface area contributed by atoms with Gasteiger partial charge in [0.25, 0.3) is 5.91 Å². The molecular weight excluding hydrogens is 330 g/mol. The van der Waals surface area contributed by atoms with Crippen LogP contribution in [-0.4, -0.2) is 31.6 Å². The van der Waals surface area contributed by atoms with Crippen molar-refractivity contribution in [3.8, 4) is 0 Å². The van der Waals surface area contributed by atoms with Crippen molar-refractivity contribution in [2.75, 3.05) is 19.0 Å². The molecule has 1 amide bonds. The van der Waals surface area contributed by atoms with Crippen LogP contribution in [0.5, 0.6) is 0 Å². The van der Waals surface area contributed by atoms with Gasteiger partial charge in [0.15, 0.2) is 6.61 Å². The van der Waals surface area contributed by atoms with E-state index in [9.17, 15) is 14.4 Å². The summed E-state index contributed by atoms with van der Waals surface area (Å²) in [6, 6.07) is 8.38.